The highest BCUT2D eigenvalue weighted by Gasteiger charge is 2.21. The Balaban J connectivity index is 2.36. The van der Waals surface area contributed by atoms with E-state index in [9.17, 15) is 5.11 Å². The highest BCUT2D eigenvalue weighted by molar-refractivity contribution is 9.10. The average Bonchev–Trinajstić information content (AvgIpc) is 2.79. The molecule has 0 bridgehead atoms. The van der Waals surface area contributed by atoms with E-state index in [1.807, 2.05) is 37.8 Å². The minimum Gasteiger partial charge on any atom is -0.382 e. The Morgan fingerprint density at radius 2 is 2.14 bits per heavy atom. The van der Waals surface area contributed by atoms with E-state index in [1.165, 1.54) is 0 Å². The summed E-state index contributed by atoms with van der Waals surface area (Å²) in [6, 6.07) is 5.54. The van der Waals surface area contributed by atoms with Crippen LogP contribution in [-0.2, 0) is 6.54 Å². The summed E-state index contributed by atoms with van der Waals surface area (Å²) in [7, 11) is 4.02. The number of hydrogen-bond donors (Lipinski definition) is 1. The lowest BCUT2D eigenvalue weighted by molar-refractivity contribution is 0.204. The second kappa shape index (κ2) is 6.92. The Morgan fingerprint density at radius 3 is 2.81 bits per heavy atom. The lowest BCUT2D eigenvalue weighted by atomic mass is 10.0. The van der Waals surface area contributed by atoms with Crippen LogP contribution in [-0.4, -0.2) is 40.4 Å². The van der Waals surface area contributed by atoms with Crippen molar-refractivity contribution in [1.82, 2.24) is 14.7 Å². The van der Waals surface area contributed by atoms with E-state index in [2.05, 4.69) is 25.9 Å². The second-order valence-electron chi connectivity index (χ2n) is 5.31. The van der Waals surface area contributed by atoms with Crippen molar-refractivity contribution in [2.75, 3.05) is 20.6 Å². The second-order valence-corrected chi connectivity index (χ2v) is 6.60. The van der Waals surface area contributed by atoms with Gasteiger partial charge in [0.05, 0.1) is 22.9 Å². The SMILES string of the molecule is Cc1ccc(Cl)cc1C(O)c1c(Br)cnn1CCN(C)C. The number of aliphatic hydroxyl groups excluding tert-OH is 1. The molecule has 114 valence electrons. The molecule has 2 aromatic rings. The predicted octanol–water partition coefficient (Wildman–Crippen LogP) is 3.25. The van der Waals surface area contributed by atoms with Gasteiger partial charge >= 0.3 is 0 Å². The van der Waals surface area contributed by atoms with Crippen molar-refractivity contribution in [2.45, 2.75) is 19.6 Å². The summed E-state index contributed by atoms with van der Waals surface area (Å²) in [4.78, 5) is 2.08. The zero-order valence-corrected chi connectivity index (χ0v) is 14.7. The number of benzene rings is 1. The van der Waals surface area contributed by atoms with Crippen LogP contribution < -0.4 is 0 Å². The molecule has 1 aromatic carbocycles. The Hall–Kier alpha value is -0.880. The van der Waals surface area contributed by atoms with Crippen molar-refractivity contribution in [3.05, 3.63) is 50.7 Å². The van der Waals surface area contributed by atoms with Gasteiger partial charge in [0.2, 0.25) is 0 Å². The summed E-state index contributed by atoms with van der Waals surface area (Å²) in [6.07, 6.45) is 0.955. The fourth-order valence-electron chi connectivity index (χ4n) is 2.17. The van der Waals surface area contributed by atoms with E-state index in [4.69, 9.17) is 11.6 Å². The number of likely N-dealkylation sites (N-methyl/N-ethyl adjacent to an activating group) is 1. The number of aliphatic hydroxyl groups is 1. The highest BCUT2D eigenvalue weighted by Crippen LogP contribution is 2.31. The Kier molecular flexibility index (Phi) is 5.43. The van der Waals surface area contributed by atoms with Crippen LogP contribution in [0.2, 0.25) is 5.02 Å². The first kappa shape index (κ1) is 16.5. The number of halogens is 2. The molecule has 0 radical (unpaired) electrons. The standard InChI is InChI=1S/C15H19BrClN3O/c1-10-4-5-11(17)8-12(10)15(21)14-13(16)9-18-20(14)7-6-19(2)3/h4-5,8-9,15,21H,6-7H2,1-3H3. The van der Waals surface area contributed by atoms with Crippen molar-refractivity contribution in [1.29, 1.82) is 0 Å². The van der Waals surface area contributed by atoms with E-state index in [-0.39, 0.29) is 0 Å². The summed E-state index contributed by atoms with van der Waals surface area (Å²) < 4.78 is 2.63. The van der Waals surface area contributed by atoms with Gasteiger partial charge in [-0.05, 0) is 60.2 Å². The molecule has 0 amide bonds. The van der Waals surface area contributed by atoms with Crippen molar-refractivity contribution >= 4 is 27.5 Å². The third-order valence-electron chi connectivity index (χ3n) is 3.39. The molecule has 1 aromatic heterocycles. The molecule has 6 heteroatoms. The van der Waals surface area contributed by atoms with Gasteiger partial charge in [-0.15, -0.1) is 0 Å². The van der Waals surface area contributed by atoms with Crippen LogP contribution in [0.5, 0.6) is 0 Å². The van der Waals surface area contributed by atoms with Crippen molar-refractivity contribution in [3.63, 3.8) is 0 Å². The first-order valence-electron chi connectivity index (χ1n) is 6.70. The van der Waals surface area contributed by atoms with Crippen molar-refractivity contribution in [2.24, 2.45) is 0 Å². The summed E-state index contributed by atoms with van der Waals surface area (Å²) >= 11 is 9.53. The molecule has 0 saturated carbocycles. The topological polar surface area (TPSA) is 41.3 Å². The number of rotatable bonds is 5. The number of aryl methyl sites for hydroxylation is 1. The minimum absolute atomic E-state index is 0.616. The molecule has 1 heterocycles. The van der Waals surface area contributed by atoms with Gasteiger partial charge in [0.25, 0.3) is 0 Å². The molecular formula is C15H19BrClN3O. The zero-order chi connectivity index (χ0) is 15.6. The smallest absolute Gasteiger partial charge is 0.122 e. The fraction of sp³-hybridized carbons (Fsp3) is 0.400. The van der Waals surface area contributed by atoms with E-state index in [1.54, 1.807) is 12.3 Å². The van der Waals surface area contributed by atoms with Gasteiger partial charge in [-0.25, -0.2) is 0 Å². The normalized spacial score (nSPS) is 12.9. The van der Waals surface area contributed by atoms with Crippen LogP contribution in [0.4, 0.5) is 0 Å². The summed E-state index contributed by atoms with van der Waals surface area (Å²) in [5.41, 5.74) is 2.55. The van der Waals surface area contributed by atoms with Crippen LogP contribution in [0, 0.1) is 6.92 Å². The van der Waals surface area contributed by atoms with Gasteiger partial charge in [0.1, 0.15) is 6.10 Å². The molecule has 2 rings (SSSR count). The Labute approximate surface area is 138 Å². The van der Waals surface area contributed by atoms with E-state index in [0.717, 1.165) is 27.8 Å². The Morgan fingerprint density at radius 1 is 1.43 bits per heavy atom. The summed E-state index contributed by atoms with van der Waals surface area (Å²) in [5.74, 6) is 0. The van der Waals surface area contributed by atoms with Crippen LogP contribution in [0.15, 0.2) is 28.9 Å². The van der Waals surface area contributed by atoms with Crippen LogP contribution in [0.3, 0.4) is 0 Å². The van der Waals surface area contributed by atoms with Crippen molar-refractivity contribution in [3.8, 4) is 0 Å². The number of aromatic nitrogens is 2. The van der Waals surface area contributed by atoms with Gasteiger partial charge in [0, 0.05) is 11.6 Å². The molecule has 0 aliphatic heterocycles. The number of nitrogens with zero attached hydrogens (tertiary/aromatic N) is 3. The van der Waals surface area contributed by atoms with E-state index < -0.39 is 6.10 Å². The molecule has 21 heavy (non-hydrogen) atoms. The predicted molar refractivity (Wildman–Crippen MR) is 88.7 cm³/mol. The first-order valence-corrected chi connectivity index (χ1v) is 7.87. The average molecular weight is 373 g/mol. The highest BCUT2D eigenvalue weighted by atomic mass is 79.9. The molecule has 0 fully saturated rings. The molecule has 0 saturated heterocycles. The molecular weight excluding hydrogens is 354 g/mol. The van der Waals surface area contributed by atoms with E-state index in [0.29, 0.717) is 11.6 Å². The first-order chi connectivity index (χ1) is 9.90. The minimum atomic E-state index is -0.761. The van der Waals surface area contributed by atoms with Crippen LogP contribution in [0.1, 0.15) is 22.9 Å². The molecule has 1 atom stereocenters. The molecule has 1 unspecified atom stereocenters. The number of hydrogen-bond acceptors (Lipinski definition) is 3. The molecule has 0 aliphatic carbocycles. The van der Waals surface area contributed by atoms with Gasteiger partial charge in [-0.3, -0.25) is 4.68 Å². The van der Waals surface area contributed by atoms with Gasteiger partial charge in [0.15, 0.2) is 0 Å². The maximum absolute atomic E-state index is 10.7. The van der Waals surface area contributed by atoms with Crippen molar-refractivity contribution < 1.29 is 5.11 Å². The molecule has 0 aliphatic rings. The lowest BCUT2D eigenvalue weighted by Crippen LogP contribution is -2.21. The summed E-state index contributed by atoms with van der Waals surface area (Å²) in [6.45, 7) is 3.52. The third kappa shape index (κ3) is 3.86. The van der Waals surface area contributed by atoms with Crippen LogP contribution in [0.25, 0.3) is 0 Å². The maximum atomic E-state index is 10.7. The largest absolute Gasteiger partial charge is 0.382 e. The summed E-state index contributed by atoms with van der Waals surface area (Å²) in [5, 5.41) is 15.7. The third-order valence-corrected chi connectivity index (χ3v) is 4.23. The molecule has 1 N–H and O–H groups in total. The quantitative estimate of drug-likeness (QED) is 0.876. The van der Waals surface area contributed by atoms with E-state index >= 15 is 0 Å². The van der Waals surface area contributed by atoms with Gasteiger partial charge in [-0.2, -0.15) is 5.10 Å². The fourth-order valence-corrected chi connectivity index (χ4v) is 2.86. The monoisotopic (exact) mass is 371 g/mol. The molecule has 4 nitrogen and oxygen atoms in total. The van der Waals surface area contributed by atoms with Gasteiger partial charge in [-0.1, -0.05) is 17.7 Å². The Bertz CT molecular complexity index is 627. The van der Waals surface area contributed by atoms with Gasteiger partial charge < -0.3 is 10.0 Å². The maximum Gasteiger partial charge on any atom is 0.122 e. The van der Waals surface area contributed by atoms with Crippen LogP contribution >= 0.6 is 27.5 Å². The molecule has 0 spiro atoms. The lowest BCUT2D eigenvalue weighted by Gasteiger charge is -2.18. The zero-order valence-electron chi connectivity index (χ0n) is 12.3.